The molecule has 0 spiro atoms. The van der Waals surface area contributed by atoms with E-state index in [1.54, 1.807) is 0 Å². The van der Waals surface area contributed by atoms with Crippen LogP contribution in [0, 0.1) is 17.0 Å². The Morgan fingerprint density at radius 3 is 2.50 bits per heavy atom. The second kappa shape index (κ2) is 6.52. The summed E-state index contributed by atoms with van der Waals surface area (Å²) in [6, 6.07) is 12.7. The van der Waals surface area contributed by atoms with E-state index in [0.29, 0.717) is 5.75 Å². The van der Waals surface area contributed by atoms with Crippen molar-refractivity contribution in [2.75, 3.05) is 5.75 Å². The van der Waals surface area contributed by atoms with Gasteiger partial charge in [0.25, 0.3) is 0 Å². The van der Waals surface area contributed by atoms with Crippen LogP contribution in [0.3, 0.4) is 0 Å². The molecule has 0 heterocycles. The molecule has 1 atom stereocenters. The third-order valence-electron chi connectivity index (χ3n) is 2.88. The van der Waals surface area contributed by atoms with Crippen molar-refractivity contribution in [3.05, 3.63) is 65.7 Å². The summed E-state index contributed by atoms with van der Waals surface area (Å²) in [5.74, 6) is -0.858. The zero-order valence-corrected chi connectivity index (χ0v) is 11.5. The number of hydrogen-bond donors (Lipinski definition) is 2. The predicted octanol–water partition coefficient (Wildman–Crippen LogP) is 3.78. The molecule has 0 aliphatic heterocycles. The summed E-state index contributed by atoms with van der Waals surface area (Å²) in [6.45, 7) is 0. The van der Waals surface area contributed by atoms with Crippen molar-refractivity contribution >= 4 is 17.6 Å². The largest absolute Gasteiger partial charge is 0.387 e. The highest BCUT2D eigenvalue weighted by atomic mass is 32.2. The minimum Gasteiger partial charge on any atom is -0.387 e. The van der Waals surface area contributed by atoms with Gasteiger partial charge in [-0.3, -0.25) is 5.41 Å². The fraction of sp³-hybridized carbons (Fsp3) is 0.133. The SMILES string of the molecule is N=C(N)C(CSc1cc(F)ccc1F)c1ccccc1. The van der Waals surface area contributed by atoms with E-state index >= 15 is 0 Å². The van der Waals surface area contributed by atoms with Gasteiger partial charge in [-0.2, -0.15) is 0 Å². The molecule has 0 bridgehead atoms. The van der Waals surface area contributed by atoms with E-state index in [4.69, 9.17) is 11.1 Å². The van der Waals surface area contributed by atoms with Crippen LogP contribution in [-0.2, 0) is 0 Å². The minimum absolute atomic E-state index is 0.0144. The van der Waals surface area contributed by atoms with E-state index in [0.717, 1.165) is 35.5 Å². The molecule has 2 aromatic carbocycles. The molecule has 2 nitrogen and oxygen atoms in total. The number of rotatable bonds is 5. The highest BCUT2D eigenvalue weighted by Gasteiger charge is 2.16. The van der Waals surface area contributed by atoms with Crippen LogP contribution in [0.5, 0.6) is 0 Å². The molecular formula is C15H14F2N2S. The third kappa shape index (κ3) is 3.57. The number of benzene rings is 2. The van der Waals surface area contributed by atoms with Crippen molar-refractivity contribution in [1.82, 2.24) is 0 Å². The van der Waals surface area contributed by atoms with Gasteiger partial charge in [0.05, 0.1) is 11.8 Å². The van der Waals surface area contributed by atoms with Gasteiger partial charge in [0.1, 0.15) is 11.6 Å². The van der Waals surface area contributed by atoms with Gasteiger partial charge in [0, 0.05) is 10.6 Å². The lowest BCUT2D eigenvalue weighted by Gasteiger charge is -2.15. The highest BCUT2D eigenvalue weighted by Crippen LogP contribution is 2.28. The fourth-order valence-corrected chi connectivity index (χ4v) is 2.93. The van der Waals surface area contributed by atoms with Crippen molar-refractivity contribution in [2.45, 2.75) is 10.8 Å². The molecule has 0 saturated heterocycles. The standard InChI is InChI=1S/C15H14F2N2S/c16-11-6-7-13(17)14(8-11)20-9-12(15(18)19)10-4-2-1-3-5-10/h1-8,12H,9H2,(H3,18,19). The molecule has 0 aromatic heterocycles. The Kier molecular flexibility index (Phi) is 4.74. The summed E-state index contributed by atoms with van der Waals surface area (Å²) in [6.07, 6.45) is 0. The number of amidine groups is 1. The van der Waals surface area contributed by atoms with Crippen LogP contribution in [0.2, 0.25) is 0 Å². The summed E-state index contributed by atoms with van der Waals surface area (Å²) >= 11 is 1.16. The molecule has 1 unspecified atom stereocenters. The van der Waals surface area contributed by atoms with Crippen molar-refractivity contribution in [2.24, 2.45) is 5.73 Å². The van der Waals surface area contributed by atoms with Gasteiger partial charge in [0.2, 0.25) is 0 Å². The molecule has 0 amide bonds. The van der Waals surface area contributed by atoms with Crippen LogP contribution < -0.4 is 5.73 Å². The molecule has 3 N–H and O–H groups in total. The molecule has 2 rings (SSSR count). The maximum atomic E-state index is 13.6. The van der Waals surface area contributed by atoms with Crippen molar-refractivity contribution in [3.63, 3.8) is 0 Å². The van der Waals surface area contributed by atoms with E-state index in [9.17, 15) is 8.78 Å². The highest BCUT2D eigenvalue weighted by molar-refractivity contribution is 7.99. The Morgan fingerprint density at radius 1 is 1.15 bits per heavy atom. The van der Waals surface area contributed by atoms with Crippen LogP contribution in [-0.4, -0.2) is 11.6 Å². The summed E-state index contributed by atoms with van der Waals surface area (Å²) in [7, 11) is 0. The summed E-state index contributed by atoms with van der Waals surface area (Å²) in [5, 5.41) is 7.65. The van der Waals surface area contributed by atoms with E-state index in [-0.39, 0.29) is 16.6 Å². The zero-order valence-electron chi connectivity index (χ0n) is 10.6. The van der Waals surface area contributed by atoms with Gasteiger partial charge >= 0.3 is 0 Å². The van der Waals surface area contributed by atoms with Crippen molar-refractivity contribution < 1.29 is 8.78 Å². The van der Waals surface area contributed by atoms with Gasteiger partial charge in [-0.05, 0) is 23.8 Å². The van der Waals surface area contributed by atoms with Crippen molar-refractivity contribution in [1.29, 1.82) is 5.41 Å². The molecule has 2 aromatic rings. The number of halogens is 2. The monoisotopic (exact) mass is 292 g/mol. The van der Waals surface area contributed by atoms with Crippen LogP contribution in [0.4, 0.5) is 8.78 Å². The van der Waals surface area contributed by atoms with Crippen LogP contribution >= 0.6 is 11.8 Å². The van der Waals surface area contributed by atoms with Crippen molar-refractivity contribution in [3.8, 4) is 0 Å². The number of nitrogens with two attached hydrogens (primary N) is 1. The maximum absolute atomic E-state index is 13.6. The molecule has 20 heavy (non-hydrogen) atoms. The first-order valence-corrected chi connectivity index (χ1v) is 7.03. The Morgan fingerprint density at radius 2 is 1.85 bits per heavy atom. The second-order valence-corrected chi connectivity index (χ2v) is 5.37. The Labute approximate surface area is 120 Å². The zero-order chi connectivity index (χ0) is 14.5. The quantitative estimate of drug-likeness (QED) is 0.500. The van der Waals surface area contributed by atoms with Gasteiger partial charge in [0.15, 0.2) is 0 Å². The minimum atomic E-state index is -0.479. The lowest BCUT2D eigenvalue weighted by molar-refractivity contribution is 0.577. The Balaban J connectivity index is 2.14. The molecule has 5 heteroatoms. The van der Waals surface area contributed by atoms with Gasteiger partial charge < -0.3 is 5.73 Å². The van der Waals surface area contributed by atoms with Gasteiger partial charge in [-0.25, -0.2) is 8.78 Å². The van der Waals surface area contributed by atoms with E-state index < -0.39 is 11.6 Å². The molecule has 0 fully saturated rings. The molecular weight excluding hydrogens is 278 g/mol. The van der Waals surface area contributed by atoms with Gasteiger partial charge in [-0.1, -0.05) is 30.3 Å². The van der Waals surface area contributed by atoms with E-state index in [2.05, 4.69) is 0 Å². The number of thioether (sulfide) groups is 1. The number of nitrogens with one attached hydrogen (secondary N) is 1. The summed E-state index contributed by atoms with van der Waals surface area (Å²) < 4.78 is 26.7. The maximum Gasteiger partial charge on any atom is 0.136 e. The second-order valence-electron chi connectivity index (χ2n) is 4.30. The molecule has 0 saturated carbocycles. The summed E-state index contributed by atoms with van der Waals surface area (Å²) in [4.78, 5) is 0.229. The topological polar surface area (TPSA) is 49.9 Å². The van der Waals surface area contributed by atoms with Crippen LogP contribution in [0.15, 0.2) is 53.4 Å². The average Bonchev–Trinajstić information content (AvgIpc) is 2.43. The van der Waals surface area contributed by atoms with E-state index in [1.807, 2.05) is 30.3 Å². The normalized spacial score (nSPS) is 12.1. The first-order chi connectivity index (χ1) is 9.58. The van der Waals surface area contributed by atoms with Crippen LogP contribution in [0.25, 0.3) is 0 Å². The van der Waals surface area contributed by atoms with Crippen LogP contribution in [0.1, 0.15) is 11.5 Å². The first kappa shape index (κ1) is 14.5. The van der Waals surface area contributed by atoms with E-state index in [1.165, 1.54) is 0 Å². The van der Waals surface area contributed by atoms with Gasteiger partial charge in [-0.15, -0.1) is 11.8 Å². The third-order valence-corrected chi connectivity index (χ3v) is 4.00. The number of hydrogen-bond acceptors (Lipinski definition) is 2. The average molecular weight is 292 g/mol. The Hall–Kier alpha value is -1.88. The Bertz CT molecular complexity index is 602. The lowest BCUT2D eigenvalue weighted by atomic mass is 10.0. The lowest BCUT2D eigenvalue weighted by Crippen LogP contribution is -2.22. The summed E-state index contributed by atoms with van der Waals surface area (Å²) in [5.41, 5.74) is 6.50. The molecule has 0 aliphatic carbocycles. The molecule has 104 valence electrons. The first-order valence-electron chi connectivity index (χ1n) is 6.04. The smallest absolute Gasteiger partial charge is 0.136 e. The predicted molar refractivity (Wildman–Crippen MR) is 78.2 cm³/mol. The molecule has 0 aliphatic rings. The fourth-order valence-electron chi connectivity index (χ4n) is 1.81. The molecule has 0 radical (unpaired) electrons.